The Morgan fingerprint density at radius 2 is 1.76 bits per heavy atom. The molecule has 2 heterocycles. The van der Waals surface area contributed by atoms with Crippen LogP contribution in [0.3, 0.4) is 0 Å². The molecule has 1 saturated carbocycles. The Morgan fingerprint density at radius 1 is 1.05 bits per heavy atom. The maximum Gasteiger partial charge on any atom is 0.416 e. The molecule has 1 N–H and O–H groups in total. The Balaban J connectivity index is 1.45. The number of benzene rings is 2. The number of piperazine rings is 1. The first-order valence-corrected chi connectivity index (χ1v) is 12.2. The number of rotatable bonds is 6. The van der Waals surface area contributed by atoms with Gasteiger partial charge in [0.05, 0.1) is 16.8 Å². The van der Waals surface area contributed by atoms with Crippen LogP contribution in [0.5, 0.6) is 0 Å². The highest BCUT2D eigenvalue weighted by molar-refractivity contribution is 5.95. The molecule has 1 aliphatic heterocycles. The quantitative estimate of drug-likeness (QED) is 0.496. The number of nitrogens with zero attached hydrogens (tertiary/aromatic N) is 4. The third kappa shape index (κ3) is 5.29. The highest BCUT2D eigenvalue weighted by Crippen LogP contribution is 2.53. The van der Waals surface area contributed by atoms with Crippen molar-refractivity contribution >= 4 is 11.9 Å². The highest BCUT2D eigenvalue weighted by Gasteiger charge is 2.49. The van der Waals surface area contributed by atoms with Crippen molar-refractivity contribution in [3.05, 3.63) is 88.5 Å². The van der Waals surface area contributed by atoms with E-state index in [1.54, 1.807) is 0 Å². The Bertz CT molecular complexity index is 1290. The van der Waals surface area contributed by atoms with Crippen molar-refractivity contribution in [2.45, 2.75) is 31.0 Å². The summed E-state index contributed by atoms with van der Waals surface area (Å²) in [6.07, 6.45) is -1.55. The van der Waals surface area contributed by atoms with Gasteiger partial charge in [-0.3, -0.25) is 4.79 Å². The molecule has 2 aromatic carbocycles. The van der Waals surface area contributed by atoms with Crippen LogP contribution in [-0.4, -0.2) is 54.0 Å². The van der Waals surface area contributed by atoms with Gasteiger partial charge in [0.15, 0.2) is 0 Å². The summed E-state index contributed by atoms with van der Waals surface area (Å²) in [5, 5.41) is 2.64. The molecule has 2 aliphatic rings. The summed E-state index contributed by atoms with van der Waals surface area (Å²) in [5.41, 5.74) is 0.411. The average molecular weight is 514 g/mol. The molecule has 0 spiro atoms. The number of carbonyl (C=O) groups excluding carboxylic acids is 1. The van der Waals surface area contributed by atoms with E-state index < -0.39 is 28.9 Å². The molecule has 0 unspecified atom stereocenters. The van der Waals surface area contributed by atoms with Crippen molar-refractivity contribution in [2.24, 2.45) is 0 Å². The zero-order chi connectivity index (χ0) is 26.2. The van der Waals surface area contributed by atoms with Gasteiger partial charge in [0.25, 0.3) is 5.91 Å². The SMILES string of the molecule is CN1CCN(c2ncc(C(=O)NCc3cc(F)cc(C(F)(F)F)c3)c(C3(c4ccccc4)CC3)n2)CC1. The lowest BCUT2D eigenvalue weighted by Crippen LogP contribution is -2.45. The number of hydrogen-bond acceptors (Lipinski definition) is 5. The molecule has 194 valence electrons. The number of alkyl halides is 3. The summed E-state index contributed by atoms with van der Waals surface area (Å²) < 4.78 is 53.1. The first kappa shape index (κ1) is 25.1. The van der Waals surface area contributed by atoms with E-state index in [2.05, 4.69) is 27.1 Å². The van der Waals surface area contributed by atoms with Crippen molar-refractivity contribution in [3.8, 4) is 0 Å². The molecule has 1 aliphatic carbocycles. The molecular formula is C27H27F4N5O. The monoisotopic (exact) mass is 513 g/mol. The maximum atomic E-state index is 13.8. The van der Waals surface area contributed by atoms with Gasteiger partial charge in [-0.25, -0.2) is 14.4 Å². The largest absolute Gasteiger partial charge is 0.416 e. The number of carbonyl (C=O) groups is 1. The number of amides is 1. The predicted molar refractivity (Wildman–Crippen MR) is 131 cm³/mol. The molecule has 1 saturated heterocycles. The van der Waals surface area contributed by atoms with Crippen LogP contribution in [0, 0.1) is 5.82 Å². The number of halogens is 4. The van der Waals surface area contributed by atoms with E-state index in [1.807, 2.05) is 30.3 Å². The first-order valence-electron chi connectivity index (χ1n) is 12.2. The van der Waals surface area contributed by atoms with Gasteiger partial charge in [-0.15, -0.1) is 0 Å². The Labute approximate surface area is 212 Å². The zero-order valence-electron chi connectivity index (χ0n) is 20.4. The van der Waals surface area contributed by atoms with Crippen molar-refractivity contribution in [2.75, 3.05) is 38.1 Å². The third-order valence-electron chi connectivity index (χ3n) is 7.07. The molecule has 0 radical (unpaired) electrons. The summed E-state index contributed by atoms with van der Waals surface area (Å²) in [5.74, 6) is -0.970. The lowest BCUT2D eigenvalue weighted by atomic mass is 9.89. The van der Waals surface area contributed by atoms with Crippen LogP contribution in [-0.2, 0) is 18.1 Å². The molecule has 10 heteroatoms. The zero-order valence-corrected chi connectivity index (χ0v) is 20.4. The van der Waals surface area contributed by atoms with Crippen LogP contribution in [0.1, 0.15) is 45.6 Å². The summed E-state index contributed by atoms with van der Waals surface area (Å²) >= 11 is 0. The van der Waals surface area contributed by atoms with Gasteiger partial charge in [0, 0.05) is 44.3 Å². The van der Waals surface area contributed by atoms with Crippen molar-refractivity contribution in [1.29, 1.82) is 0 Å². The van der Waals surface area contributed by atoms with Gasteiger partial charge in [0.2, 0.25) is 5.95 Å². The standard InChI is InChI=1S/C27H27F4N5O/c1-35-9-11-36(12-10-35)25-33-17-22(23(34-25)26(7-8-26)19-5-3-2-4-6-19)24(37)32-16-18-13-20(27(29,30)31)15-21(28)14-18/h2-6,13-15,17H,7-12,16H2,1H3,(H,32,37). The molecule has 1 aromatic heterocycles. The highest BCUT2D eigenvalue weighted by atomic mass is 19.4. The van der Waals surface area contributed by atoms with E-state index in [0.29, 0.717) is 17.7 Å². The number of likely N-dealkylation sites (N-methyl/N-ethyl adjacent to an activating group) is 1. The van der Waals surface area contributed by atoms with Gasteiger partial charge < -0.3 is 15.1 Å². The Morgan fingerprint density at radius 3 is 2.41 bits per heavy atom. The summed E-state index contributed by atoms with van der Waals surface area (Å²) in [4.78, 5) is 27.0. The van der Waals surface area contributed by atoms with E-state index in [0.717, 1.165) is 56.7 Å². The topological polar surface area (TPSA) is 61.4 Å². The minimum absolute atomic E-state index is 0.0152. The van der Waals surface area contributed by atoms with Gasteiger partial charge in [0.1, 0.15) is 5.82 Å². The van der Waals surface area contributed by atoms with E-state index in [-0.39, 0.29) is 17.7 Å². The smallest absolute Gasteiger partial charge is 0.348 e. The fourth-order valence-electron chi connectivity index (χ4n) is 4.80. The van der Waals surface area contributed by atoms with Gasteiger partial charge in [-0.1, -0.05) is 30.3 Å². The minimum atomic E-state index is -4.69. The fraction of sp³-hybridized carbons (Fsp3) is 0.370. The fourth-order valence-corrected chi connectivity index (χ4v) is 4.80. The Hall–Kier alpha value is -3.53. The van der Waals surface area contributed by atoms with Crippen LogP contribution in [0.2, 0.25) is 0 Å². The summed E-state index contributed by atoms with van der Waals surface area (Å²) in [6, 6.07) is 12.1. The number of hydrogen-bond donors (Lipinski definition) is 1. The lowest BCUT2D eigenvalue weighted by Gasteiger charge is -2.33. The van der Waals surface area contributed by atoms with E-state index in [1.165, 1.54) is 6.20 Å². The molecule has 2 fully saturated rings. The van der Waals surface area contributed by atoms with Crippen LogP contribution in [0.4, 0.5) is 23.5 Å². The predicted octanol–water partition coefficient (Wildman–Crippen LogP) is 4.40. The first-order chi connectivity index (χ1) is 17.7. The summed E-state index contributed by atoms with van der Waals surface area (Å²) in [7, 11) is 2.06. The van der Waals surface area contributed by atoms with Crippen LogP contribution >= 0.6 is 0 Å². The molecule has 5 rings (SSSR count). The normalized spacial score (nSPS) is 17.5. The molecule has 0 bridgehead atoms. The van der Waals surface area contributed by atoms with E-state index >= 15 is 0 Å². The number of aromatic nitrogens is 2. The second kappa shape index (κ2) is 9.74. The maximum absolute atomic E-state index is 13.8. The van der Waals surface area contributed by atoms with Gasteiger partial charge >= 0.3 is 6.18 Å². The van der Waals surface area contributed by atoms with Gasteiger partial charge in [-0.2, -0.15) is 13.2 Å². The molecule has 0 atom stereocenters. The average Bonchev–Trinajstić information content (AvgIpc) is 3.69. The number of nitrogens with one attached hydrogen (secondary N) is 1. The molecule has 1 amide bonds. The molecule has 6 nitrogen and oxygen atoms in total. The van der Waals surface area contributed by atoms with E-state index in [4.69, 9.17) is 4.98 Å². The minimum Gasteiger partial charge on any atom is -0.348 e. The number of anilines is 1. The molecule has 37 heavy (non-hydrogen) atoms. The second-order valence-corrected chi connectivity index (χ2v) is 9.70. The Kier molecular flexibility index (Phi) is 6.61. The van der Waals surface area contributed by atoms with Crippen molar-refractivity contribution in [1.82, 2.24) is 20.2 Å². The third-order valence-corrected chi connectivity index (χ3v) is 7.07. The summed E-state index contributed by atoms with van der Waals surface area (Å²) in [6.45, 7) is 3.01. The van der Waals surface area contributed by atoms with Crippen molar-refractivity contribution < 1.29 is 22.4 Å². The van der Waals surface area contributed by atoms with Gasteiger partial charge in [-0.05, 0) is 49.2 Å². The molecule has 3 aromatic rings. The van der Waals surface area contributed by atoms with Crippen LogP contribution in [0.25, 0.3) is 0 Å². The van der Waals surface area contributed by atoms with Crippen molar-refractivity contribution in [3.63, 3.8) is 0 Å². The van der Waals surface area contributed by atoms with E-state index in [9.17, 15) is 22.4 Å². The van der Waals surface area contributed by atoms with Crippen LogP contribution in [0.15, 0.2) is 54.7 Å². The second-order valence-electron chi connectivity index (χ2n) is 9.70. The molecular weight excluding hydrogens is 486 g/mol. The van der Waals surface area contributed by atoms with Crippen LogP contribution < -0.4 is 10.2 Å². The lowest BCUT2D eigenvalue weighted by molar-refractivity contribution is -0.137.